The van der Waals surface area contributed by atoms with Gasteiger partial charge in [-0.2, -0.15) is 0 Å². The van der Waals surface area contributed by atoms with E-state index in [2.05, 4.69) is 94.7 Å². The number of hydrogen-bond donors (Lipinski definition) is 4. The zero-order chi connectivity index (χ0) is 35.1. The second-order valence-corrected chi connectivity index (χ2v) is 12.0. The van der Waals surface area contributed by atoms with E-state index < -0.39 is 0 Å². The van der Waals surface area contributed by atoms with Gasteiger partial charge in [0.15, 0.2) is 0 Å². The number of carbonyl (C=O) groups excluding carboxylic acids is 3. The summed E-state index contributed by atoms with van der Waals surface area (Å²) in [5.41, 5.74) is 6.32. The smallest absolute Gasteiger partial charge is 0.256 e. The minimum atomic E-state index is -0.116. The van der Waals surface area contributed by atoms with E-state index in [0.717, 1.165) is 72.3 Å². The van der Waals surface area contributed by atoms with Gasteiger partial charge in [-0.05, 0) is 88.5 Å². The molecule has 7 heteroatoms. The minimum absolute atomic E-state index is 0.0208. The Labute approximate surface area is 293 Å². The first-order valence-electron chi connectivity index (χ1n) is 17.6. The first kappa shape index (κ1) is 38.5. The summed E-state index contributed by atoms with van der Waals surface area (Å²) in [5, 5.41) is 8.67. The SMILES string of the molecule is CCC=CCC=CCC=CCC=CCC=CCC=CCCC(=O)NCCNC(=O)CCc1c(C)[nH]c(C=C2C(=O)Nc3ccccc32)c1C. The molecule has 3 amide bonds. The molecule has 0 atom stereocenters. The van der Waals surface area contributed by atoms with Crippen molar-refractivity contribution in [3.05, 3.63) is 125 Å². The summed E-state index contributed by atoms with van der Waals surface area (Å²) in [5.74, 6) is -0.196. The molecule has 0 radical (unpaired) electrons. The molecule has 3 rings (SSSR count). The van der Waals surface area contributed by atoms with E-state index in [-0.39, 0.29) is 17.7 Å². The van der Waals surface area contributed by atoms with Crippen molar-refractivity contribution in [2.45, 2.75) is 85.0 Å². The highest BCUT2D eigenvalue weighted by molar-refractivity contribution is 6.34. The van der Waals surface area contributed by atoms with Crippen LogP contribution in [-0.4, -0.2) is 35.8 Å². The van der Waals surface area contributed by atoms with Crippen LogP contribution in [0.3, 0.4) is 0 Å². The largest absolute Gasteiger partial charge is 0.359 e. The molecule has 7 nitrogen and oxygen atoms in total. The van der Waals surface area contributed by atoms with Gasteiger partial charge >= 0.3 is 0 Å². The highest BCUT2D eigenvalue weighted by atomic mass is 16.2. The van der Waals surface area contributed by atoms with Crippen LogP contribution in [0.15, 0.2) is 97.2 Å². The van der Waals surface area contributed by atoms with Crippen LogP contribution < -0.4 is 16.0 Å². The summed E-state index contributed by atoms with van der Waals surface area (Å²) in [6.45, 7) is 6.94. The third kappa shape index (κ3) is 14.4. The van der Waals surface area contributed by atoms with E-state index in [1.165, 1.54) is 0 Å². The van der Waals surface area contributed by atoms with Crippen LogP contribution in [0.4, 0.5) is 5.69 Å². The monoisotopic (exact) mass is 662 g/mol. The Balaban J connectivity index is 1.21. The first-order chi connectivity index (χ1) is 23.9. The van der Waals surface area contributed by atoms with Gasteiger partial charge in [-0.1, -0.05) is 98.0 Å². The lowest BCUT2D eigenvalue weighted by Gasteiger charge is -2.07. The van der Waals surface area contributed by atoms with Crippen molar-refractivity contribution in [2.24, 2.45) is 0 Å². The molecular weight excluding hydrogens is 608 g/mol. The summed E-state index contributed by atoms with van der Waals surface area (Å²) < 4.78 is 0. The second-order valence-electron chi connectivity index (χ2n) is 12.0. The van der Waals surface area contributed by atoms with Gasteiger partial charge in [0.05, 0.1) is 5.57 Å². The Morgan fingerprint density at radius 3 is 1.84 bits per heavy atom. The number of hydrogen-bond acceptors (Lipinski definition) is 3. The number of aromatic nitrogens is 1. The summed E-state index contributed by atoms with van der Waals surface area (Å²) in [6, 6.07) is 7.65. The molecule has 0 bridgehead atoms. The van der Waals surface area contributed by atoms with Gasteiger partial charge in [-0.15, -0.1) is 0 Å². The van der Waals surface area contributed by atoms with Gasteiger partial charge < -0.3 is 20.9 Å². The lowest BCUT2D eigenvalue weighted by atomic mass is 10.0. The molecule has 0 spiro atoms. The Hall–Kier alpha value is -4.91. The van der Waals surface area contributed by atoms with Gasteiger partial charge in [0, 0.05) is 48.6 Å². The zero-order valence-corrected chi connectivity index (χ0v) is 29.5. The van der Waals surface area contributed by atoms with Gasteiger partial charge in [0.25, 0.3) is 5.91 Å². The number of aromatic amines is 1. The molecule has 0 saturated carbocycles. The molecule has 260 valence electrons. The minimum Gasteiger partial charge on any atom is -0.359 e. The van der Waals surface area contributed by atoms with E-state index in [9.17, 15) is 14.4 Å². The molecule has 1 aliphatic heterocycles. The quantitative estimate of drug-likeness (QED) is 0.0611. The highest BCUT2D eigenvalue weighted by Crippen LogP contribution is 2.33. The number of amides is 3. The number of para-hydroxylation sites is 1. The van der Waals surface area contributed by atoms with Crippen molar-refractivity contribution in [2.75, 3.05) is 18.4 Å². The standard InChI is InChI=1S/C42H54N4O3/c1-4-5-6-7-8-9-10-11-12-13-14-15-16-17-18-19-20-21-22-27-40(47)43-30-31-44-41(48)29-28-35-33(2)39(45-34(35)3)32-37-36-25-23-24-26-38(36)46-42(37)49/h5-6,8-9,11-12,14-15,17-18,20-21,23-26,32,45H,4,7,10,13,16,19,22,27-31H2,1-3H3,(H,43,47)(H,44,48)(H,46,49). The molecule has 2 heterocycles. The number of rotatable bonds is 21. The van der Waals surface area contributed by atoms with Crippen LogP contribution in [-0.2, 0) is 20.8 Å². The number of aryl methyl sites for hydroxylation is 1. The molecule has 0 fully saturated rings. The summed E-state index contributed by atoms with van der Waals surface area (Å²) in [6.07, 6.45) is 35.7. The van der Waals surface area contributed by atoms with E-state index in [1.54, 1.807) is 0 Å². The van der Waals surface area contributed by atoms with Gasteiger partial charge in [0.2, 0.25) is 11.8 Å². The molecule has 1 aliphatic rings. The number of anilines is 1. The molecule has 0 aliphatic carbocycles. The number of H-pyrrole nitrogens is 1. The normalized spacial score (nSPS) is 14.1. The van der Waals surface area contributed by atoms with Gasteiger partial charge in [0.1, 0.15) is 0 Å². The molecular formula is C42H54N4O3. The molecule has 2 aromatic rings. The van der Waals surface area contributed by atoms with Crippen molar-refractivity contribution in [1.82, 2.24) is 15.6 Å². The predicted molar refractivity (Wildman–Crippen MR) is 205 cm³/mol. The van der Waals surface area contributed by atoms with Crippen molar-refractivity contribution >= 4 is 35.1 Å². The number of allylic oxidation sites excluding steroid dienone is 12. The maximum absolute atomic E-state index is 12.5. The summed E-state index contributed by atoms with van der Waals surface area (Å²) >= 11 is 0. The maximum atomic E-state index is 12.5. The van der Waals surface area contributed by atoms with Crippen LogP contribution >= 0.6 is 0 Å². The van der Waals surface area contributed by atoms with Crippen molar-refractivity contribution < 1.29 is 14.4 Å². The Morgan fingerprint density at radius 1 is 0.714 bits per heavy atom. The van der Waals surface area contributed by atoms with E-state index >= 15 is 0 Å². The van der Waals surface area contributed by atoms with E-state index in [1.807, 2.05) is 50.3 Å². The van der Waals surface area contributed by atoms with Crippen molar-refractivity contribution in [3.8, 4) is 0 Å². The van der Waals surface area contributed by atoms with Crippen molar-refractivity contribution in [1.29, 1.82) is 0 Å². The van der Waals surface area contributed by atoms with Gasteiger partial charge in [-0.3, -0.25) is 14.4 Å². The fraction of sp³-hybridized carbons (Fsp3) is 0.357. The van der Waals surface area contributed by atoms with Crippen LogP contribution in [0.2, 0.25) is 0 Å². The summed E-state index contributed by atoms with van der Waals surface area (Å²) in [7, 11) is 0. The zero-order valence-electron chi connectivity index (χ0n) is 29.5. The Morgan fingerprint density at radius 2 is 1.24 bits per heavy atom. The van der Waals surface area contributed by atoms with E-state index in [4.69, 9.17) is 0 Å². The Kier molecular flexibility index (Phi) is 17.8. The molecule has 49 heavy (non-hydrogen) atoms. The molecule has 1 aromatic heterocycles. The van der Waals surface area contributed by atoms with Gasteiger partial charge in [-0.25, -0.2) is 0 Å². The van der Waals surface area contributed by atoms with Crippen LogP contribution in [0, 0.1) is 13.8 Å². The average Bonchev–Trinajstić information content (AvgIpc) is 3.55. The molecule has 4 N–H and O–H groups in total. The lowest BCUT2D eigenvalue weighted by molar-refractivity contribution is -0.122. The summed E-state index contributed by atoms with van der Waals surface area (Å²) in [4.78, 5) is 40.5. The number of carbonyl (C=O) groups is 3. The molecule has 1 aromatic carbocycles. The number of fused-ring (bicyclic) bond motifs is 1. The third-order valence-electron chi connectivity index (χ3n) is 8.14. The van der Waals surface area contributed by atoms with E-state index in [0.29, 0.717) is 44.3 Å². The third-order valence-corrected chi connectivity index (χ3v) is 8.14. The van der Waals surface area contributed by atoms with Crippen LogP contribution in [0.1, 0.15) is 92.8 Å². The fourth-order valence-corrected chi connectivity index (χ4v) is 5.43. The number of nitrogens with one attached hydrogen (secondary N) is 4. The Bertz CT molecular complexity index is 1580. The molecule has 0 unspecified atom stereocenters. The topological polar surface area (TPSA) is 103 Å². The van der Waals surface area contributed by atoms with Crippen LogP contribution in [0.5, 0.6) is 0 Å². The van der Waals surface area contributed by atoms with Crippen LogP contribution in [0.25, 0.3) is 11.6 Å². The average molecular weight is 663 g/mol. The number of benzene rings is 1. The predicted octanol–water partition coefficient (Wildman–Crippen LogP) is 8.77. The van der Waals surface area contributed by atoms with Crippen molar-refractivity contribution in [3.63, 3.8) is 0 Å². The fourth-order valence-electron chi connectivity index (χ4n) is 5.43. The molecule has 0 saturated heterocycles. The second kappa shape index (κ2) is 22.6. The lowest BCUT2D eigenvalue weighted by Crippen LogP contribution is -2.34. The first-order valence-corrected chi connectivity index (χ1v) is 17.6. The highest BCUT2D eigenvalue weighted by Gasteiger charge is 2.24. The maximum Gasteiger partial charge on any atom is 0.256 e.